The highest BCUT2D eigenvalue weighted by atomic mass is 79.9. The Balaban J connectivity index is 2.05. The van der Waals surface area contributed by atoms with Crippen molar-refractivity contribution in [1.29, 1.82) is 0 Å². The molecule has 1 saturated heterocycles. The molecular formula is C12H14Br2N2O. The third-order valence-electron chi connectivity index (χ3n) is 2.85. The Bertz CT molecular complexity index is 417. The molecule has 0 aromatic heterocycles. The Morgan fingerprint density at radius 1 is 1.29 bits per heavy atom. The van der Waals surface area contributed by atoms with Crippen molar-refractivity contribution < 1.29 is 4.79 Å². The molecule has 0 spiro atoms. The SMILES string of the molecule is O=C(NC1CCNCC1)c1cc(Br)ccc1Br. The molecule has 1 aliphatic heterocycles. The minimum atomic E-state index is -0.00919. The van der Waals surface area contributed by atoms with Crippen LogP contribution in [0.4, 0.5) is 0 Å². The molecule has 17 heavy (non-hydrogen) atoms. The second-order valence-electron chi connectivity index (χ2n) is 4.12. The van der Waals surface area contributed by atoms with Gasteiger partial charge in [0.05, 0.1) is 5.56 Å². The first-order valence-electron chi connectivity index (χ1n) is 5.63. The van der Waals surface area contributed by atoms with Gasteiger partial charge in [0.2, 0.25) is 0 Å². The highest BCUT2D eigenvalue weighted by molar-refractivity contribution is 9.11. The Kier molecular flexibility index (Phi) is 4.59. The van der Waals surface area contributed by atoms with E-state index in [2.05, 4.69) is 42.5 Å². The molecule has 0 aliphatic carbocycles. The summed E-state index contributed by atoms with van der Waals surface area (Å²) in [5.74, 6) is -0.00919. The van der Waals surface area contributed by atoms with E-state index in [1.54, 1.807) is 0 Å². The number of hydrogen-bond donors (Lipinski definition) is 2. The smallest absolute Gasteiger partial charge is 0.252 e. The number of piperidine rings is 1. The van der Waals surface area contributed by atoms with Crippen molar-refractivity contribution in [2.24, 2.45) is 0 Å². The number of amides is 1. The normalized spacial score (nSPS) is 16.8. The van der Waals surface area contributed by atoms with Gasteiger partial charge in [0, 0.05) is 15.0 Å². The van der Waals surface area contributed by atoms with Crippen LogP contribution in [0.15, 0.2) is 27.1 Å². The predicted octanol–water partition coefficient (Wildman–Crippen LogP) is 2.69. The monoisotopic (exact) mass is 360 g/mol. The maximum absolute atomic E-state index is 12.1. The highest BCUT2D eigenvalue weighted by Crippen LogP contribution is 2.21. The van der Waals surface area contributed by atoms with Gasteiger partial charge in [-0.05, 0) is 60.1 Å². The summed E-state index contributed by atoms with van der Waals surface area (Å²) in [4.78, 5) is 12.1. The molecule has 92 valence electrons. The third-order valence-corrected chi connectivity index (χ3v) is 4.03. The van der Waals surface area contributed by atoms with E-state index >= 15 is 0 Å². The summed E-state index contributed by atoms with van der Waals surface area (Å²) in [6.07, 6.45) is 1.99. The molecule has 0 atom stereocenters. The molecule has 0 bridgehead atoms. The minimum absolute atomic E-state index is 0.00919. The largest absolute Gasteiger partial charge is 0.349 e. The van der Waals surface area contributed by atoms with Crippen LogP contribution in [0.1, 0.15) is 23.2 Å². The van der Waals surface area contributed by atoms with E-state index < -0.39 is 0 Å². The first-order valence-corrected chi connectivity index (χ1v) is 7.22. The average Bonchev–Trinajstić information content (AvgIpc) is 2.33. The fourth-order valence-electron chi connectivity index (χ4n) is 1.90. The number of hydrogen-bond acceptors (Lipinski definition) is 2. The van der Waals surface area contributed by atoms with Gasteiger partial charge in [-0.15, -0.1) is 0 Å². The molecule has 1 amide bonds. The summed E-state index contributed by atoms with van der Waals surface area (Å²) < 4.78 is 1.74. The lowest BCUT2D eigenvalue weighted by atomic mass is 10.1. The molecule has 5 heteroatoms. The van der Waals surface area contributed by atoms with Crippen molar-refractivity contribution in [2.45, 2.75) is 18.9 Å². The summed E-state index contributed by atoms with van der Waals surface area (Å²) in [5.41, 5.74) is 0.679. The number of benzene rings is 1. The number of carbonyl (C=O) groups excluding carboxylic acids is 1. The number of rotatable bonds is 2. The van der Waals surface area contributed by atoms with Gasteiger partial charge >= 0.3 is 0 Å². The van der Waals surface area contributed by atoms with Crippen LogP contribution >= 0.6 is 31.9 Å². The maximum Gasteiger partial charge on any atom is 0.252 e. The quantitative estimate of drug-likeness (QED) is 0.850. The summed E-state index contributed by atoms with van der Waals surface area (Å²) in [6.45, 7) is 1.95. The van der Waals surface area contributed by atoms with E-state index in [4.69, 9.17) is 0 Å². The van der Waals surface area contributed by atoms with Gasteiger partial charge in [-0.1, -0.05) is 15.9 Å². The zero-order chi connectivity index (χ0) is 12.3. The molecule has 1 aromatic rings. The van der Waals surface area contributed by atoms with Crippen LogP contribution in [0.2, 0.25) is 0 Å². The molecule has 1 heterocycles. The number of nitrogens with one attached hydrogen (secondary N) is 2. The number of halogens is 2. The van der Waals surface area contributed by atoms with Gasteiger partial charge in [-0.3, -0.25) is 4.79 Å². The van der Waals surface area contributed by atoms with Gasteiger partial charge in [-0.2, -0.15) is 0 Å². The Labute approximate surface area is 118 Å². The zero-order valence-electron chi connectivity index (χ0n) is 9.30. The van der Waals surface area contributed by atoms with Crippen molar-refractivity contribution in [3.05, 3.63) is 32.7 Å². The van der Waals surface area contributed by atoms with E-state index in [9.17, 15) is 4.79 Å². The second-order valence-corrected chi connectivity index (χ2v) is 5.89. The van der Waals surface area contributed by atoms with Crippen molar-refractivity contribution in [3.63, 3.8) is 0 Å². The molecule has 0 unspecified atom stereocenters. The summed E-state index contributed by atoms with van der Waals surface area (Å²) in [6, 6.07) is 5.91. The molecule has 3 nitrogen and oxygen atoms in total. The lowest BCUT2D eigenvalue weighted by Gasteiger charge is -2.23. The van der Waals surface area contributed by atoms with E-state index in [-0.39, 0.29) is 11.9 Å². The van der Waals surface area contributed by atoms with Crippen LogP contribution < -0.4 is 10.6 Å². The van der Waals surface area contributed by atoms with Crippen LogP contribution in [0.5, 0.6) is 0 Å². The van der Waals surface area contributed by atoms with Crippen molar-refractivity contribution >= 4 is 37.8 Å². The molecule has 2 rings (SSSR count). The van der Waals surface area contributed by atoms with Crippen LogP contribution in [-0.2, 0) is 0 Å². The van der Waals surface area contributed by atoms with Crippen molar-refractivity contribution in [1.82, 2.24) is 10.6 Å². The molecular weight excluding hydrogens is 348 g/mol. The second kappa shape index (κ2) is 5.98. The summed E-state index contributed by atoms with van der Waals surface area (Å²) in [7, 11) is 0. The molecule has 0 saturated carbocycles. The van der Waals surface area contributed by atoms with Crippen LogP contribution in [0, 0.1) is 0 Å². The van der Waals surface area contributed by atoms with Gasteiger partial charge in [0.1, 0.15) is 0 Å². The first kappa shape index (κ1) is 13.1. The fourth-order valence-corrected chi connectivity index (χ4v) is 2.69. The van der Waals surface area contributed by atoms with Crippen molar-refractivity contribution in [2.75, 3.05) is 13.1 Å². The predicted molar refractivity (Wildman–Crippen MR) is 75.2 cm³/mol. The molecule has 1 aromatic carbocycles. The molecule has 1 aliphatic rings. The first-order chi connectivity index (χ1) is 8.16. The van der Waals surface area contributed by atoms with E-state index in [1.165, 1.54) is 0 Å². The minimum Gasteiger partial charge on any atom is -0.349 e. The topological polar surface area (TPSA) is 41.1 Å². The number of carbonyl (C=O) groups is 1. The molecule has 0 radical (unpaired) electrons. The van der Waals surface area contributed by atoms with Crippen LogP contribution in [0.3, 0.4) is 0 Å². The fraction of sp³-hybridized carbons (Fsp3) is 0.417. The zero-order valence-corrected chi connectivity index (χ0v) is 12.5. The highest BCUT2D eigenvalue weighted by Gasteiger charge is 2.17. The van der Waals surface area contributed by atoms with Gasteiger partial charge in [0.15, 0.2) is 0 Å². The van der Waals surface area contributed by atoms with Gasteiger partial charge < -0.3 is 10.6 Å². The standard InChI is InChI=1S/C12H14Br2N2O/c13-8-1-2-11(14)10(7-8)12(17)16-9-3-5-15-6-4-9/h1-2,7,9,15H,3-6H2,(H,16,17). The Hall–Kier alpha value is -0.390. The summed E-state index contributed by atoms with van der Waals surface area (Å²) >= 11 is 6.78. The molecule has 1 fully saturated rings. The lowest BCUT2D eigenvalue weighted by Crippen LogP contribution is -2.42. The van der Waals surface area contributed by atoms with Crippen LogP contribution in [-0.4, -0.2) is 25.0 Å². The Morgan fingerprint density at radius 2 is 2.00 bits per heavy atom. The van der Waals surface area contributed by atoms with Crippen molar-refractivity contribution in [3.8, 4) is 0 Å². The lowest BCUT2D eigenvalue weighted by molar-refractivity contribution is 0.0928. The molecule has 2 N–H and O–H groups in total. The summed E-state index contributed by atoms with van der Waals surface area (Å²) in [5, 5.41) is 6.35. The van der Waals surface area contributed by atoms with Gasteiger partial charge in [0.25, 0.3) is 5.91 Å². The third kappa shape index (κ3) is 3.53. The Morgan fingerprint density at radius 3 is 2.71 bits per heavy atom. The van der Waals surface area contributed by atoms with Crippen LogP contribution in [0.25, 0.3) is 0 Å². The van der Waals surface area contributed by atoms with E-state index in [0.717, 1.165) is 34.9 Å². The van der Waals surface area contributed by atoms with E-state index in [0.29, 0.717) is 5.56 Å². The van der Waals surface area contributed by atoms with E-state index in [1.807, 2.05) is 18.2 Å². The average molecular weight is 362 g/mol. The maximum atomic E-state index is 12.1. The van der Waals surface area contributed by atoms with Gasteiger partial charge in [-0.25, -0.2) is 0 Å².